The molecule has 1 atom stereocenters. The lowest BCUT2D eigenvalue weighted by atomic mass is 10.0. The summed E-state index contributed by atoms with van der Waals surface area (Å²) in [5.41, 5.74) is 2.13. The van der Waals surface area contributed by atoms with Gasteiger partial charge in [-0.2, -0.15) is 0 Å². The maximum Gasteiger partial charge on any atom is 0.407 e. The molecule has 0 heterocycles. The Bertz CT molecular complexity index is 614. The molecular weight excluding hydrogens is 318 g/mol. The van der Waals surface area contributed by atoms with Gasteiger partial charge in [-0.3, -0.25) is 0 Å². The van der Waals surface area contributed by atoms with Crippen molar-refractivity contribution >= 4 is 6.09 Å². The van der Waals surface area contributed by atoms with Gasteiger partial charge in [0.2, 0.25) is 0 Å². The number of amides is 1. The number of rotatable bonds is 9. The molecule has 1 N–H and O–H groups in total. The summed E-state index contributed by atoms with van der Waals surface area (Å²) >= 11 is 0. The van der Waals surface area contributed by atoms with Crippen LogP contribution >= 0.6 is 0 Å². The summed E-state index contributed by atoms with van der Waals surface area (Å²) in [7, 11) is 3.11. The normalized spacial score (nSPS) is 12.0. The van der Waals surface area contributed by atoms with E-state index < -0.39 is 12.4 Å². The molecule has 0 spiro atoms. The second-order valence-corrected chi connectivity index (χ2v) is 5.68. The molecule has 5 nitrogen and oxygen atoms in total. The smallest absolute Gasteiger partial charge is 0.407 e. The van der Waals surface area contributed by atoms with Crippen molar-refractivity contribution in [1.82, 2.24) is 5.32 Å². The lowest BCUT2D eigenvalue weighted by Crippen LogP contribution is -2.45. The quantitative estimate of drug-likeness (QED) is 0.708. The molecule has 0 bridgehead atoms. The highest BCUT2D eigenvalue weighted by molar-refractivity contribution is 5.67. The molecule has 2 aromatic carbocycles. The van der Waals surface area contributed by atoms with Crippen molar-refractivity contribution < 1.29 is 19.0 Å². The Labute approximate surface area is 148 Å². The summed E-state index contributed by atoms with van der Waals surface area (Å²) in [5.74, 6) is 0. The Morgan fingerprint density at radius 2 is 1.48 bits per heavy atom. The monoisotopic (exact) mass is 343 g/mol. The number of alkyl carbamates (subject to hydrolysis) is 1. The molecule has 0 aliphatic carbocycles. The van der Waals surface area contributed by atoms with E-state index in [-0.39, 0.29) is 12.6 Å². The van der Waals surface area contributed by atoms with Gasteiger partial charge in [-0.25, -0.2) is 4.79 Å². The summed E-state index contributed by atoms with van der Waals surface area (Å²) in [4.78, 5) is 12.1. The number of hydrogen-bond acceptors (Lipinski definition) is 4. The largest absolute Gasteiger partial charge is 0.445 e. The van der Waals surface area contributed by atoms with Gasteiger partial charge in [0.1, 0.15) is 6.61 Å². The highest BCUT2D eigenvalue weighted by Crippen LogP contribution is 2.11. The van der Waals surface area contributed by atoms with Crippen LogP contribution in [0, 0.1) is 0 Å². The maximum atomic E-state index is 12.1. The zero-order valence-corrected chi connectivity index (χ0v) is 14.7. The zero-order valence-electron chi connectivity index (χ0n) is 14.7. The SMILES string of the molecule is COC(OC)C(CCc1ccccc1)NC(=O)OCc1ccccc1. The number of benzene rings is 2. The first kappa shape index (κ1) is 19.0. The molecular formula is C20H25NO4. The average Bonchev–Trinajstić information content (AvgIpc) is 2.67. The van der Waals surface area contributed by atoms with Crippen LogP contribution in [0.1, 0.15) is 17.5 Å². The first-order chi connectivity index (χ1) is 12.2. The number of nitrogens with one attached hydrogen (secondary N) is 1. The standard InChI is InChI=1S/C20H25NO4/c1-23-19(24-2)18(14-13-16-9-5-3-6-10-16)21-20(22)25-15-17-11-7-4-8-12-17/h3-12,18-19H,13-15H2,1-2H3,(H,21,22). The van der Waals surface area contributed by atoms with Crippen LogP contribution in [0.3, 0.4) is 0 Å². The predicted octanol–water partition coefficient (Wildman–Crippen LogP) is 3.53. The Balaban J connectivity index is 1.89. The Hall–Kier alpha value is -2.37. The van der Waals surface area contributed by atoms with E-state index in [2.05, 4.69) is 17.4 Å². The second kappa shape index (κ2) is 10.5. The van der Waals surface area contributed by atoms with Crippen LogP contribution in [0.25, 0.3) is 0 Å². The van der Waals surface area contributed by atoms with Crippen molar-refractivity contribution in [1.29, 1.82) is 0 Å². The van der Waals surface area contributed by atoms with Gasteiger partial charge in [0.15, 0.2) is 6.29 Å². The van der Waals surface area contributed by atoms with Crippen LogP contribution in [0.5, 0.6) is 0 Å². The van der Waals surface area contributed by atoms with E-state index in [1.807, 2.05) is 48.5 Å². The van der Waals surface area contributed by atoms with E-state index >= 15 is 0 Å². The van der Waals surface area contributed by atoms with Crippen molar-refractivity contribution in [3.63, 3.8) is 0 Å². The number of carbonyl (C=O) groups excluding carboxylic acids is 1. The molecule has 0 aromatic heterocycles. The molecule has 0 saturated heterocycles. The number of carbonyl (C=O) groups is 1. The Morgan fingerprint density at radius 3 is 2.04 bits per heavy atom. The highest BCUT2D eigenvalue weighted by atomic mass is 16.7. The van der Waals surface area contributed by atoms with E-state index in [0.29, 0.717) is 6.42 Å². The molecule has 1 unspecified atom stereocenters. The summed E-state index contributed by atoms with van der Waals surface area (Å²) in [6, 6.07) is 19.3. The third kappa shape index (κ3) is 6.57. The van der Waals surface area contributed by atoms with Gasteiger partial charge < -0.3 is 19.5 Å². The van der Waals surface area contributed by atoms with Crippen LogP contribution in [0.15, 0.2) is 60.7 Å². The Kier molecular flexibility index (Phi) is 7.95. The van der Waals surface area contributed by atoms with Gasteiger partial charge in [0.25, 0.3) is 0 Å². The van der Waals surface area contributed by atoms with Gasteiger partial charge in [-0.15, -0.1) is 0 Å². The number of aryl methyl sites for hydroxylation is 1. The first-order valence-corrected chi connectivity index (χ1v) is 8.29. The Morgan fingerprint density at radius 1 is 0.920 bits per heavy atom. The van der Waals surface area contributed by atoms with Crippen LogP contribution in [-0.4, -0.2) is 32.6 Å². The zero-order chi connectivity index (χ0) is 17.9. The summed E-state index contributed by atoms with van der Waals surface area (Å²) in [6.07, 6.45) is 0.457. The average molecular weight is 343 g/mol. The molecule has 2 rings (SSSR count). The van der Waals surface area contributed by atoms with Crippen LogP contribution in [0.4, 0.5) is 4.79 Å². The van der Waals surface area contributed by atoms with Crippen LogP contribution < -0.4 is 5.32 Å². The lowest BCUT2D eigenvalue weighted by Gasteiger charge is -2.25. The minimum Gasteiger partial charge on any atom is -0.445 e. The van der Waals surface area contributed by atoms with Crippen molar-refractivity contribution in [2.45, 2.75) is 31.8 Å². The van der Waals surface area contributed by atoms with Gasteiger partial charge >= 0.3 is 6.09 Å². The molecule has 5 heteroatoms. The molecule has 134 valence electrons. The van der Waals surface area contributed by atoms with Crippen LogP contribution in [-0.2, 0) is 27.2 Å². The van der Waals surface area contributed by atoms with Gasteiger partial charge in [-0.05, 0) is 24.0 Å². The molecule has 0 radical (unpaired) electrons. The number of methoxy groups -OCH3 is 2. The number of ether oxygens (including phenoxy) is 3. The fourth-order valence-corrected chi connectivity index (χ4v) is 2.58. The number of hydrogen-bond donors (Lipinski definition) is 1. The molecule has 2 aromatic rings. The molecule has 25 heavy (non-hydrogen) atoms. The van der Waals surface area contributed by atoms with E-state index in [1.54, 1.807) is 14.2 Å². The summed E-state index contributed by atoms with van der Waals surface area (Å²) < 4.78 is 15.9. The fourth-order valence-electron chi connectivity index (χ4n) is 2.58. The van der Waals surface area contributed by atoms with Crippen molar-refractivity contribution in [2.75, 3.05) is 14.2 Å². The molecule has 0 aliphatic heterocycles. The first-order valence-electron chi connectivity index (χ1n) is 8.29. The lowest BCUT2D eigenvalue weighted by molar-refractivity contribution is -0.122. The topological polar surface area (TPSA) is 56.8 Å². The molecule has 1 amide bonds. The molecule has 0 saturated carbocycles. The predicted molar refractivity (Wildman–Crippen MR) is 96.1 cm³/mol. The van der Waals surface area contributed by atoms with E-state index in [9.17, 15) is 4.79 Å². The van der Waals surface area contributed by atoms with Crippen LogP contribution in [0.2, 0.25) is 0 Å². The minimum atomic E-state index is -0.534. The van der Waals surface area contributed by atoms with Crippen molar-refractivity contribution in [3.8, 4) is 0 Å². The maximum absolute atomic E-state index is 12.1. The second-order valence-electron chi connectivity index (χ2n) is 5.68. The van der Waals surface area contributed by atoms with Gasteiger partial charge in [0, 0.05) is 14.2 Å². The van der Waals surface area contributed by atoms with E-state index in [4.69, 9.17) is 14.2 Å². The van der Waals surface area contributed by atoms with Gasteiger partial charge in [0.05, 0.1) is 6.04 Å². The van der Waals surface area contributed by atoms with Crippen molar-refractivity contribution in [3.05, 3.63) is 71.8 Å². The fraction of sp³-hybridized carbons (Fsp3) is 0.350. The van der Waals surface area contributed by atoms with Gasteiger partial charge in [-0.1, -0.05) is 60.7 Å². The summed E-state index contributed by atoms with van der Waals surface area (Å²) in [5, 5.41) is 2.85. The van der Waals surface area contributed by atoms with Crippen molar-refractivity contribution in [2.24, 2.45) is 0 Å². The molecule has 0 aliphatic rings. The summed E-state index contributed by atoms with van der Waals surface area (Å²) in [6.45, 7) is 0.225. The van der Waals surface area contributed by atoms with E-state index in [1.165, 1.54) is 5.56 Å². The minimum absolute atomic E-state index is 0.225. The third-order valence-corrected chi connectivity index (χ3v) is 3.90. The van der Waals surface area contributed by atoms with E-state index in [0.717, 1.165) is 12.0 Å². The molecule has 0 fully saturated rings. The highest BCUT2D eigenvalue weighted by Gasteiger charge is 2.23. The third-order valence-electron chi connectivity index (χ3n) is 3.90.